The lowest BCUT2D eigenvalue weighted by molar-refractivity contribution is -0.122. The van der Waals surface area contributed by atoms with Crippen molar-refractivity contribution >= 4 is 5.91 Å². The zero-order valence-corrected chi connectivity index (χ0v) is 8.35. The molecule has 0 atom stereocenters. The molecule has 0 fully saturated rings. The highest BCUT2D eigenvalue weighted by Crippen LogP contribution is 1.87. The summed E-state index contributed by atoms with van der Waals surface area (Å²) in [5.41, 5.74) is 5.76. The summed E-state index contributed by atoms with van der Waals surface area (Å²) in [6.07, 6.45) is 4.96. The zero-order chi connectivity index (χ0) is 10.9. The van der Waals surface area contributed by atoms with Gasteiger partial charge in [-0.2, -0.15) is 0 Å². The predicted molar refractivity (Wildman–Crippen MR) is 53.8 cm³/mol. The van der Waals surface area contributed by atoms with Gasteiger partial charge < -0.3 is 15.8 Å². The first-order chi connectivity index (χ1) is 7.29. The molecule has 0 aliphatic heterocycles. The zero-order valence-electron chi connectivity index (χ0n) is 8.35. The van der Waals surface area contributed by atoms with Crippen molar-refractivity contribution in [1.82, 2.24) is 15.3 Å². The maximum Gasteiger partial charge on any atom is 0.243 e. The highest BCUT2D eigenvalue weighted by molar-refractivity contribution is 5.74. The van der Waals surface area contributed by atoms with Crippen molar-refractivity contribution in [1.29, 1.82) is 0 Å². The van der Waals surface area contributed by atoms with Crippen molar-refractivity contribution in [3.63, 3.8) is 0 Å². The summed E-state index contributed by atoms with van der Waals surface area (Å²) >= 11 is 0. The van der Waals surface area contributed by atoms with Crippen LogP contribution >= 0.6 is 0 Å². The number of nitrogens with zero attached hydrogens (tertiary/aromatic N) is 2. The second kappa shape index (κ2) is 6.86. The van der Waals surface area contributed by atoms with E-state index in [-0.39, 0.29) is 6.61 Å². The Bertz CT molecular complexity index is 291. The van der Waals surface area contributed by atoms with Gasteiger partial charge in [0.15, 0.2) is 0 Å². The molecule has 6 nitrogen and oxygen atoms in total. The molecule has 82 valence electrons. The number of nitrogens with one attached hydrogen (secondary N) is 1. The predicted octanol–water partition coefficient (Wildman–Crippen LogP) is -0.932. The fourth-order valence-corrected chi connectivity index (χ4v) is 0.955. The van der Waals surface area contributed by atoms with Crippen molar-refractivity contribution in [2.75, 3.05) is 19.8 Å². The quantitative estimate of drug-likeness (QED) is 0.567. The molecule has 0 bridgehead atoms. The van der Waals surface area contributed by atoms with Gasteiger partial charge in [0.1, 0.15) is 6.61 Å². The largest absolute Gasteiger partial charge is 0.370 e. The number of carbonyl (C=O) groups excluding carboxylic acids is 1. The van der Waals surface area contributed by atoms with Crippen molar-refractivity contribution in [3.8, 4) is 0 Å². The molecule has 1 heterocycles. The smallest absolute Gasteiger partial charge is 0.243 e. The van der Waals surface area contributed by atoms with Crippen LogP contribution in [0.1, 0.15) is 5.69 Å². The van der Waals surface area contributed by atoms with Crippen LogP contribution in [0.25, 0.3) is 0 Å². The summed E-state index contributed by atoms with van der Waals surface area (Å²) in [6.45, 7) is 1.69. The van der Waals surface area contributed by atoms with E-state index in [2.05, 4.69) is 15.3 Å². The van der Waals surface area contributed by atoms with E-state index in [1.54, 1.807) is 18.6 Å². The van der Waals surface area contributed by atoms with Crippen LogP contribution in [-0.2, 0) is 16.1 Å². The molecule has 0 unspecified atom stereocenters. The van der Waals surface area contributed by atoms with E-state index >= 15 is 0 Å². The first-order valence-corrected chi connectivity index (χ1v) is 4.60. The van der Waals surface area contributed by atoms with Gasteiger partial charge in [-0.05, 0) is 0 Å². The number of carbonyl (C=O) groups is 1. The van der Waals surface area contributed by atoms with Crippen molar-refractivity contribution < 1.29 is 9.53 Å². The number of amides is 1. The third-order valence-corrected chi connectivity index (χ3v) is 1.59. The van der Waals surface area contributed by atoms with Crippen molar-refractivity contribution in [3.05, 3.63) is 24.3 Å². The van der Waals surface area contributed by atoms with E-state index in [1.165, 1.54) is 0 Å². The van der Waals surface area contributed by atoms with Crippen LogP contribution in [0, 0.1) is 0 Å². The van der Waals surface area contributed by atoms with Crippen molar-refractivity contribution in [2.24, 2.45) is 5.73 Å². The first kappa shape index (κ1) is 11.5. The Morgan fingerprint density at radius 1 is 1.53 bits per heavy atom. The molecule has 6 heteroatoms. The van der Waals surface area contributed by atoms with Gasteiger partial charge in [-0.1, -0.05) is 0 Å². The van der Waals surface area contributed by atoms with Crippen LogP contribution in [0.4, 0.5) is 0 Å². The third-order valence-electron chi connectivity index (χ3n) is 1.59. The molecule has 1 rings (SSSR count). The molecule has 0 saturated heterocycles. The van der Waals surface area contributed by atoms with Crippen LogP contribution in [0.3, 0.4) is 0 Å². The Morgan fingerprint density at radius 3 is 3.07 bits per heavy atom. The SMILES string of the molecule is NC(=O)COCCNCc1cnccn1. The normalized spacial score (nSPS) is 10.1. The summed E-state index contributed by atoms with van der Waals surface area (Å²) in [7, 11) is 0. The maximum atomic E-state index is 10.3. The highest BCUT2D eigenvalue weighted by Gasteiger charge is 1.95. The van der Waals surface area contributed by atoms with E-state index in [0.717, 1.165) is 5.69 Å². The fraction of sp³-hybridized carbons (Fsp3) is 0.444. The van der Waals surface area contributed by atoms with E-state index in [9.17, 15) is 4.79 Å². The van der Waals surface area contributed by atoms with Crippen molar-refractivity contribution in [2.45, 2.75) is 6.54 Å². The number of primary amides is 1. The summed E-state index contributed by atoms with van der Waals surface area (Å²) in [6, 6.07) is 0. The molecule has 15 heavy (non-hydrogen) atoms. The Kier molecular flexibility index (Phi) is 5.28. The average Bonchev–Trinajstić information content (AvgIpc) is 2.24. The Labute approximate surface area is 87.9 Å². The molecular formula is C9H14N4O2. The topological polar surface area (TPSA) is 90.1 Å². The average molecular weight is 210 g/mol. The summed E-state index contributed by atoms with van der Waals surface area (Å²) in [5, 5.41) is 3.10. The van der Waals surface area contributed by atoms with Gasteiger partial charge in [0.2, 0.25) is 5.91 Å². The highest BCUT2D eigenvalue weighted by atomic mass is 16.5. The lowest BCUT2D eigenvalue weighted by Crippen LogP contribution is -2.24. The Balaban J connectivity index is 2.00. The Morgan fingerprint density at radius 2 is 2.40 bits per heavy atom. The molecule has 0 spiro atoms. The van der Waals surface area contributed by atoms with Crippen LogP contribution < -0.4 is 11.1 Å². The molecule has 0 aliphatic rings. The third kappa shape index (κ3) is 5.71. The first-order valence-electron chi connectivity index (χ1n) is 4.60. The molecule has 1 aromatic rings. The summed E-state index contributed by atoms with van der Waals surface area (Å²) in [5.74, 6) is -0.455. The van der Waals surface area contributed by atoms with E-state index in [4.69, 9.17) is 10.5 Å². The number of hydrogen-bond donors (Lipinski definition) is 2. The number of aromatic nitrogens is 2. The molecule has 0 aliphatic carbocycles. The van der Waals surface area contributed by atoms with Gasteiger partial charge in [-0.3, -0.25) is 14.8 Å². The van der Waals surface area contributed by atoms with Crippen LogP contribution in [-0.4, -0.2) is 35.6 Å². The minimum Gasteiger partial charge on any atom is -0.370 e. The van der Waals surface area contributed by atoms with Crippen LogP contribution in [0.15, 0.2) is 18.6 Å². The minimum absolute atomic E-state index is 0.0349. The molecule has 1 aromatic heterocycles. The minimum atomic E-state index is -0.455. The van der Waals surface area contributed by atoms with Gasteiger partial charge in [0, 0.05) is 31.7 Å². The molecule has 0 radical (unpaired) electrons. The summed E-state index contributed by atoms with van der Waals surface area (Å²) in [4.78, 5) is 18.3. The summed E-state index contributed by atoms with van der Waals surface area (Å²) < 4.78 is 4.96. The molecule has 3 N–H and O–H groups in total. The standard InChI is InChI=1S/C9H14N4O2/c10-9(14)7-15-4-3-12-6-8-5-11-1-2-13-8/h1-2,5,12H,3-4,6-7H2,(H2,10,14). The lowest BCUT2D eigenvalue weighted by Gasteiger charge is -2.03. The van der Waals surface area contributed by atoms with Gasteiger partial charge in [-0.15, -0.1) is 0 Å². The van der Waals surface area contributed by atoms with E-state index < -0.39 is 5.91 Å². The number of rotatable bonds is 7. The van der Waals surface area contributed by atoms with Crippen LogP contribution in [0.2, 0.25) is 0 Å². The number of hydrogen-bond acceptors (Lipinski definition) is 5. The van der Waals surface area contributed by atoms with E-state index in [1.807, 2.05) is 0 Å². The van der Waals surface area contributed by atoms with Crippen LogP contribution in [0.5, 0.6) is 0 Å². The molecule has 0 aromatic carbocycles. The maximum absolute atomic E-state index is 10.3. The second-order valence-corrected chi connectivity index (χ2v) is 2.89. The Hall–Kier alpha value is -1.53. The second-order valence-electron chi connectivity index (χ2n) is 2.89. The van der Waals surface area contributed by atoms with E-state index in [0.29, 0.717) is 19.7 Å². The molecule has 0 saturated carbocycles. The number of ether oxygens (including phenoxy) is 1. The van der Waals surface area contributed by atoms with Gasteiger partial charge in [0.25, 0.3) is 0 Å². The fourth-order valence-electron chi connectivity index (χ4n) is 0.955. The number of nitrogens with two attached hydrogens (primary N) is 1. The monoisotopic (exact) mass is 210 g/mol. The molecular weight excluding hydrogens is 196 g/mol. The van der Waals surface area contributed by atoms with Gasteiger partial charge >= 0.3 is 0 Å². The molecule has 1 amide bonds. The lowest BCUT2D eigenvalue weighted by atomic mass is 10.4. The van der Waals surface area contributed by atoms with Gasteiger partial charge in [-0.25, -0.2) is 0 Å². The van der Waals surface area contributed by atoms with Gasteiger partial charge in [0.05, 0.1) is 12.3 Å².